The largest absolute Gasteiger partial charge is 0.353 e. The van der Waals surface area contributed by atoms with Crippen LogP contribution in [0.4, 0.5) is 15.9 Å². The van der Waals surface area contributed by atoms with Gasteiger partial charge in [0.1, 0.15) is 11.6 Å². The zero-order valence-corrected chi connectivity index (χ0v) is 15.7. The van der Waals surface area contributed by atoms with Crippen LogP contribution in [0.5, 0.6) is 0 Å². The number of benzene rings is 1. The number of pyridine rings is 1. The van der Waals surface area contributed by atoms with Gasteiger partial charge in [0.25, 0.3) is 0 Å². The highest BCUT2D eigenvalue weighted by atomic mass is 79.9. The number of hydrogen-bond donors (Lipinski definition) is 1. The standard InChI is InChI=1S/C17H18BrFN4S/c1-12-3-2-4-16(20-12)22-7-9-23(10-8-22)17(24)21-15-6-5-13(19)11-14(15)18/h2-6,11H,7-10H2,1H3,(H,21,24). The lowest BCUT2D eigenvalue weighted by Gasteiger charge is -2.37. The van der Waals surface area contributed by atoms with Crippen LogP contribution in [0, 0.1) is 12.7 Å². The van der Waals surface area contributed by atoms with Crippen LogP contribution in [0.25, 0.3) is 0 Å². The van der Waals surface area contributed by atoms with Crippen molar-refractivity contribution in [2.45, 2.75) is 6.92 Å². The third kappa shape index (κ3) is 4.02. The van der Waals surface area contributed by atoms with Gasteiger partial charge in [-0.25, -0.2) is 9.37 Å². The van der Waals surface area contributed by atoms with Gasteiger partial charge in [-0.15, -0.1) is 0 Å². The van der Waals surface area contributed by atoms with Gasteiger partial charge >= 0.3 is 0 Å². The number of thiocarbonyl (C=S) groups is 1. The van der Waals surface area contributed by atoms with Gasteiger partial charge in [0, 0.05) is 36.3 Å². The van der Waals surface area contributed by atoms with Gasteiger partial charge in [0.15, 0.2) is 5.11 Å². The molecule has 0 amide bonds. The first kappa shape index (κ1) is 17.1. The zero-order valence-electron chi connectivity index (χ0n) is 13.3. The van der Waals surface area contributed by atoms with E-state index in [-0.39, 0.29) is 5.82 Å². The molecular weight excluding hydrogens is 391 g/mol. The summed E-state index contributed by atoms with van der Waals surface area (Å²) >= 11 is 8.84. The van der Waals surface area contributed by atoms with E-state index in [9.17, 15) is 4.39 Å². The molecule has 0 radical (unpaired) electrons. The molecule has 1 aliphatic rings. The SMILES string of the molecule is Cc1cccc(N2CCN(C(=S)Nc3ccc(F)cc3Br)CC2)n1. The molecule has 0 atom stereocenters. The topological polar surface area (TPSA) is 31.4 Å². The minimum atomic E-state index is -0.280. The molecular formula is C17H18BrFN4S. The van der Waals surface area contributed by atoms with Gasteiger partial charge in [-0.3, -0.25) is 0 Å². The number of nitrogens with zero attached hydrogens (tertiary/aromatic N) is 3. The van der Waals surface area contributed by atoms with Gasteiger partial charge in [-0.05, 0) is 65.4 Å². The van der Waals surface area contributed by atoms with Gasteiger partial charge in [-0.2, -0.15) is 0 Å². The van der Waals surface area contributed by atoms with Crippen LogP contribution in [0.2, 0.25) is 0 Å². The monoisotopic (exact) mass is 408 g/mol. The van der Waals surface area contributed by atoms with Crippen molar-refractivity contribution < 1.29 is 4.39 Å². The van der Waals surface area contributed by atoms with Crippen LogP contribution in [0.3, 0.4) is 0 Å². The fourth-order valence-electron chi connectivity index (χ4n) is 2.63. The quantitative estimate of drug-likeness (QED) is 0.763. The van der Waals surface area contributed by atoms with Gasteiger partial charge in [0.05, 0.1) is 5.69 Å². The predicted octanol–water partition coefficient (Wildman–Crippen LogP) is 3.81. The maximum Gasteiger partial charge on any atom is 0.173 e. The lowest BCUT2D eigenvalue weighted by Crippen LogP contribution is -2.50. The first-order valence-electron chi connectivity index (χ1n) is 7.72. The van der Waals surface area contributed by atoms with Crippen LogP contribution in [0.15, 0.2) is 40.9 Å². The number of hydrogen-bond acceptors (Lipinski definition) is 3. The second-order valence-corrected chi connectivity index (χ2v) is 6.91. The summed E-state index contributed by atoms with van der Waals surface area (Å²) < 4.78 is 13.8. The van der Waals surface area contributed by atoms with E-state index < -0.39 is 0 Å². The second kappa shape index (κ2) is 7.44. The van der Waals surface area contributed by atoms with Crippen molar-refractivity contribution >= 4 is 44.8 Å². The van der Waals surface area contributed by atoms with Crippen LogP contribution in [-0.2, 0) is 0 Å². The van der Waals surface area contributed by atoms with E-state index in [1.807, 2.05) is 25.1 Å². The molecule has 1 saturated heterocycles. The Bertz CT molecular complexity index is 747. The number of rotatable bonds is 2. The average Bonchev–Trinajstić information content (AvgIpc) is 2.57. The van der Waals surface area contributed by atoms with Crippen molar-refractivity contribution in [2.75, 3.05) is 36.4 Å². The normalized spacial score (nSPS) is 14.6. The molecule has 4 nitrogen and oxygen atoms in total. The highest BCUT2D eigenvalue weighted by molar-refractivity contribution is 9.10. The summed E-state index contributed by atoms with van der Waals surface area (Å²) in [5.41, 5.74) is 1.79. The number of aromatic nitrogens is 1. The van der Waals surface area contributed by atoms with E-state index in [0.29, 0.717) is 9.59 Å². The summed E-state index contributed by atoms with van der Waals surface area (Å²) in [5, 5.41) is 3.83. The molecule has 7 heteroatoms. The summed E-state index contributed by atoms with van der Waals surface area (Å²) in [5.74, 6) is 0.729. The maximum absolute atomic E-state index is 13.2. The van der Waals surface area contributed by atoms with Gasteiger partial charge in [-0.1, -0.05) is 6.07 Å². The van der Waals surface area contributed by atoms with E-state index in [0.717, 1.165) is 43.4 Å². The first-order valence-corrected chi connectivity index (χ1v) is 8.92. The molecule has 2 aromatic rings. The minimum absolute atomic E-state index is 0.280. The third-order valence-electron chi connectivity index (χ3n) is 3.94. The van der Waals surface area contributed by atoms with Crippen LogP contribution < -0.4 is 10.2 Å². The average molecular weight is 409 g/mol. The van der Waals surface area contributed by atoms with E-state index in [1.165, 1.54) is 12.1 Å². The number of nitrogens with one attached hydrogen (secondary N) is 1. The molecule has 24 heavy (non-hydrogen) atoms. The van der Waals surface area contributed by atoms with E-state index >= 15 is 0 Å². The Kier molecular flexibility index (Phi) is 5.30. The Hall–Kier alpha value is -1.73. The van der Waals surface area contributed by atoms with E-state index in [1.54, 1.807) is 6.07 Å². The molecule has 1 N–H and O–H groups in total. The summed E-state index contributed by atoms with van der Waals surface area (Å²) in [6.45, 7) is 5.37. The van der Waals surface area contributed by atoms with E-state index in [4.69, 9.17) is 12.2 Å². The van der Waals surface area contributed by atoms with Crippen molar-refractivity contribution in [1.82, 2.24) is 9.88 Å². The van der Waals surface area contributed by atoms with Crippen molar-refractivity contribution in [2.24, 2.45) is 0 Å². The van der Waals surface area contributed by atoms with Crippen LogP contribution in [0.1, 0.15) is 5.69 Å². The first-order chi connectivity index (χ1) is 11.5. The minimum Gasteiger partial charge on any atom is -0.353 e. The second-order valence-electron chi connectivity index (χ2n) is 5.67. The highest BCUT2D eigenvalue weighted by Crippen LogP contribution is 2.23. The van der Waals surface area contributed by atoms with E-state index in [2.05, 4.69) is 36.0 Å². The molecule has 0 aliphatic carbocycles. The Morgan fingerprint density at radius 2 is 1.96 bits per heavy atom. The number of piperazine rings is 1. The Morgan fingerprint density at radius 3 is 2.62 bits per heavy atom. The fourth-order valence-corrected chi connectivity index (χ4v) is 3.37. The van der Waals surface area contributed by atoms with Crippen LogP contribution in [-0.4, -0.2) is 41.2 Å². The Labute approximate surface area is 154 Å². The molecule has 2 heterocycles. The molecule has 1 aromatic heterocycles. The van der Waals surface area contributed by atoms with Gasteiger partial charge < -0.3 is 15.1 Å². The summed E-state index contributed by atoms with van der Waals surface area (Å²) in [6, 6.07) is 10.6. The molecule has 1 aromatic carbocycles. The lowest BCUT2D eigenvalue weighted by atomic mass is 10.3. The molecule has 0 bridgehead atoms. The molecule has 0 unspecified atom stereocenters. The fraction of sp³-hybridized carbons (Fsp3) is 0.294. The third-order valence-corrected chi connectivity index (χ3v) is 4.95. The zero-order chi connectivity index (χ0) is 17.1. The van der Waals surface area contributed by atoms with Gasteiger partial charge in [0.2, 0.25) is 0 Å². The summed E-state index contributed by atoms with van der Waals surface area (Å²) in [7, 11) is 0. The van der Waals surface area contributed by atoms with Crippen LogP contribution >= 0.6 is 28.1 Å². The molecule has 1 aliphatic heterocycles. The highest BCUT2D eigenvalue weighted by Gasteiger charge is 2.20. The van der Waals surface area contributed by atoms with Crippen molar-refractivity contribution in [3.63, 3.8) is 0 Å². The number of halogens is 2. The molecule has 0 spiro atoms. The van der Waals surface area contributed by atoms with Crippen molar-refractivity contribution in [3.05, 3.63) is 52.4 Å². The Morgan fingerprint density at radius 1 is 1.21 bits per heavy atom. The number of aryl methyl sites for hydroxylation is 1. The molecule has 126 valence electrons. The van der Waals surface area contributed by atoms with Crippen molar-refractivity contribution in [1.29, 1.82) is 0 Å². The number of anilines is 2. The smallest absolute Gasteiger partial charge is 0.173 e. The maximum atomic E-state index is 13.2. The summed E-state index contributed by atoms with van der Waals surface area (Å²) in [4.78, 5) is 8.96. The Balaban J connectivity index is 1.59. The summed E-state index contributed by atoms with van der Waals surface area (Å²) in [6.07, 6.45) is 0. The predicted molar refractivity (Wildman–Crippen MR) is 103 cm³/mol. The molecule has 3 rings (SSSR count). The molecule has 1 fully saturated rings. The molecule has 0 saturated carbocycles. The van der Waals surface area contributed by atoms with Crippen molar-refractivity contribution in [3.8, 4) is 0 Å². The lowest BCUT2D eigenvalue weighted by molar-refractivity contribution is 0.389.